The number of hydrogen-bond donors (Lipinski definition) is 2. The van der Waals surface area contributed by atoms with Crippen LogP contribution < -0.4 is 20.3 Å². The lowest BCUT2D eigenvalue weighted by Gasteiger charge is -2.26. The van der Waals surface area contributed by atoms with E-state index in [1.807, 2.05) is 0 Å². The van der Waals surface area contributed by atoms with E-state index in [1.54, 1.807) is 25.2 Å². The third-order valence-corrected chi connectivity index (χ3v) is 3.74. The van der Waals surface area contributed by atoms with Crippen molar-refractivity contribution in [1.82, 2.24) is 5.32 Å². The Kier molecular flexibility index (Phi) is 3.48. The van der Waals surface area contributed by atoms with Crippen molar-refractivity contribution < 1.29 is 23.1 Å². The van der Waals surface area contributed by atoms with Crippen LogP contribution in [0.5, 0.6) is 5.75 Å². The fourth-order valence-electron chi connectivity index (χ4n) is 2.48. The Balaban J connectivity index is 1.74. The van der Waals surface area contributed by atoms with Crippen LogP contribution in [-0.2, 0) is 9.59 Å². The molecule has 1 unspecified atom stereocenters. The van der Waals surface area contributed by atoms with E-state index in [-0.39, 0.29) is 12.5 Å². The van der Waals surface area contributed by atoms with E-state index >= 15 is 0 Å². The number of hydrogen-bond acceptors (Lipinski definition) is 4. The largest absolute Gasteiger partial charge is 0.482 e. The maximum atomic E-state index is 13.1. The Morgan fingerprint density at radius 3 is 2.95 bits per heavy atom. The molecule has 6 nitrogen and oxygen atoms in total. The van der Waals surface area contributed by atoms with Gasteiger partial charge in [0.2, 0.25) is 5.91 Å². The van der Waals surface area contributed by atoms with Crippen molar-refractivity contribution in [2.24, 2.45) is 0 Å². The summed E-state index contributed by atoms with van der Waals surface area (Å²) in [5, 5.41) is 5.07. The second kappa shape index (κ2) is 5.20. The molecule has 118 valence electrons. The molecule has 0 saturated carbocycles. The van der Waals surface area contributed by atoms with E-state index in [0.717, 1.165) is 0 Å². The van der Waals surface area contributed by atoms with Crippen LogP contribution in [0.4, 0.5) is 20.2 Å². The summed E-state index contributed by atoms with van der Waals surface area (Å²) in [4.78, 5) is 25.0. The molecule has 8 heteroatoms. The number of likely N-dealkylation sites (N-methyl/N-ethyl adjacent to an activating group) is 1. The first-order valence-electron chi connectivity index (χ1n) is 6.81. The minimum absolute atomic E-state index is 0.0315. The van der Waals surface area contributed by atoms with Gasteiger partial charge in [0.15, 0.2) is 6.61 Å². The number of anilines is 2. The van der Waals surface area contributed by atoms with Crippen molar-refractivity contribution >= 4 is 23.2 Å². The average molecular weight is 311 g/mol. The summed E-state index contributed by atoms with van der Waals surface area (Å²) in [7, 11) is 1.61. The molecule has 1 aromatic rings. The molecular weight excluding hydrogens is 296 g/mol. The zero-order chi connectivity index (χ0) is 15.9. The van der Waals surface area contributed by atoms with Crippen LogP contribution in [-0.4, -0.2) is 44.0 Å². The molecule has 22 heavy (non-hydrogen) atoms. The lowest BCUT2D eigenvalue weighted by Crippen LogP contribution is -2.36. The minimum atomic E-state index is -2.86. The highest BCUT2D eigenvalue weighted by atomic mass is 19.3. The minimum Gasteiger partial charge on any atom is -0.482 e. The van der Waals surface area contributed by atoms with Gasteiger partial charge in [-0.05, 0) is 18.2 Å². The van der Waals surface area contributed by atoms with Crippen LogP contribution in [0.2, 0.25) is 0 Å². The molecule has 3 rings (SSSR count). The normalized spacial score (nSPS) is 23.0. The maximum Gasteiger partial charge on any atom is 0.264 e. The maximum absolute atomic E-state index is 13.1. The van der Waals surface area contributed by atoms with E-state index in [0.29, 0.717) is 17.1 Å². The number of carbonyl (C=O) groups is 2. The van der Waals surface area contributed by atoms with Gasteiger partial charge in [-0.3, -0.25) is 14.9 Å². The summed E-state index contributed by atoms with van der Waals surface area (Å²) < 4.78 is 31.5. The molecule has 1 saturated heterocycles. The number of amides is 2. The van der Waals surface area contributed by atoms with Crippen molar-refractivity contribution in [2.75, 3.05) is 30.4 Å². The molecule has 2 heterocycles. The van der Waals surface area contributed by atoms with Crippen molar-refractivity contribution in [2.45, 2.75) is 18.4 Å². The van der Waals surface area contributed by atoms with E-state index < -0.39 is 30.8 Å². The number of halogens is 2. The Morgan fingerprint density at radius 2 is 2.27 bits per heavy atom. The lowest BCUT2D eigenvalue weighted by molar-refractivity contribution is -0.121. The molecule has 2 amide bonds. The molecule has 0 aromatic heterocycles. The van der Waals surface area contributed by atoms with Gasteiger partial charge in [-0.15, -0.1) is 0 Å². The third kappa shape index (κ3) is 2.74. The van der Waals surface area contributed by atoms with Gasteiger partial charge in [-0.25, -0.2) is 8.78 Å². The van der Waals surface area contributed by atoms with Crippen LogP contribution in [0.25, 0.3) is 0 Å². The highest BCUT2D eigenvalue weighted by molar-refractivity contribution is 6.00. The Morgan fingerprint density at radius 1 is 1.50 bits per heavy atom. The second-order valence-electron chi connectivity index (χ2n) is 5.41. The van der Waals surface area contributed by atoms with Crippen molar-refractivity contribution in [3.05, 3.63) is 18.2 Å². The molecule has 1 fully saturated rings. The number of nitrogens with zero attached hydrogens (tertiary/aromatic N) is 1. The first-order chi connectivity index (χ1) is 10.4. The second-order valence-corrected chi connectivity index (χ2v) is 5.41. The molecule has 1 aromatic carbocycles. The first kappa shape index (κ1) is 14.7. The first-order valence-corrected chi connectivity index (χ1v) is 6.81. The predicted molar refractivity (Wildman–Crippen MR) is 75.3 cm³/mol. The van der Waals surface area contributed by atoms with Crippen LogP contribution in [0.1, 0.15) is 6.42 Å². The highest BCUT2D eigenvalue weighted by Crippen LogP contribution is 2.34. The van der Waals surface area contributed by atoms with Crippen molar-refractivity contribution in [3.63, 3.8) is 0 Å². The summed E-state index contributed by atoms with van der Waals surface area (Å²) in [6.45, 7) is -0.531. The van der Waals surface area contributed by atoms with Gasteiger partial charge in [0, 0.05) is 19.2 Å². The number of carbonyl (C=O) groups excluding carboxylic acids is 2. The topological polar surface area (TPSA) is 70.7 Å². The monoisotopic (exact) mass is 311 g/mol. The van der Waals surface area contributed by atoms with Gasteiger partial charge < -0.3 is 15.0 Å². The number of ether oxygens (including phenoxy) is 1. The standard InChI is InChI=1S/C14H15F2N3O3/c1-19-10-4-8(2-3-11(10)22-6-12(19)20)18-13(21)9-5-14(15,16)7-17-9/h2-4,9,17H,5-7H2,1H3,(H,18,21). The molecule has 0 spiro atoms. The number of alkyl halides is 2. The molecule has 0 aliphatic carbocycles. The van der Waals surface area contributed by atoms with E-state index in [9.17, 15) is 18.4 Å². The molecule has 1 atom stereocenters. The molecule has 0 bridgehead atoms. The van der Waals surface area contributed by atoms with Gasteiger partial charge >= 0.3 is 0 Å². The number of fused-ring (bicyclic) bond motifs is 1. The van der Waals surface area contributed by atoms with Crippen molar-refractivity contribution in [1.29, 1.82) is 0 Å². The summed E-state index contributed by atoms with van der Waals surface area (Å²) >= 11 is 0. The fourth-order valence-corrected chi connectivity index (χ4v) is 2.48. The van der Waals surface area contributed by atoms with Gasteiger partial charge in [0.05, 0.1) is 18.3 Å². The number of rotatable bonds is 2. The van der Waals surface area contributed by atoms with E-state index in [4.69, 9.17) is 4.74 Å². The number of nitrogens with one attached hydrogen (secondary N) is 2. The van der Waals surface area contributed by atoms with Gasteiger partial charge in [-0.1, -0.05) is 0 Å². The summed E-state index contributed by atoms with van der Waals surface area (Å²) in [6, 6.07) is 3.89. The predicted octanol–water partition coefficient (Wildman–Crippen LogP) is 0.977. The third-order valence-electron chi connectivity index (χ3n) is 3.74. The van der Waals surface area contributed by atoms with Gasteiger partial charge in [0.25, 0.3) is 11.8 Å². The zero-order valence-corrected chi connectivity index (χ0v) is 11.9. The average Bonchev–Trinajstić information content (AvgIpc) is 2.84. The molecule has 2 N–H and O–H groups in total. The molecule has 0 radical (unpaired) electrons. The van der Waals surface area contributed by atoms with Crippen LogP contribution >= 0.6 is 0 Å². The highest BCUT2D eigenvalue weighted by Gasteiger charge is 2.42. The summed E-state index contributed by atoms with van der Waals surface area (Å²) in [5.74, 6) is -3.06. The fraction of sp³-hybridized carbons (Fsp3) is 0.429. The van der Waals surface area contributed by atoms with Crippen LogP contribution in [0.15, 0.2) is 18.2 Å². The Labute approximate surface area is 125 Å². The lowest BCUT2D eigenvalue weighted by atomic mass is 10.1. The van der Waals surface area contributed by atoms with E-state index in [1.165, 1.54) is 4.90 Å². The van der Waals surface area contributed by atoms with Crippen LogP contribution in [0, 0.1) is 0 Å². The molecule has 2 aliphatic rings. The van der Waals surface area contributed by atoms with Crippen molar-refractivity contribution in [3.8, 4) is 5.75 Å². The van der Waals surface area contributed by atoms with Crippen LogP contribution in [0.3, 0.4) is 0 Å². The summed E-state index contributed by atoms with van der Waals surface area (Å²) in [5.41, 5.74) is 0.949. The number of benzene rings is 1. The van der Waals surface area contributed by atoms with E-state index in [2.05, 4.69) is 10.6 Å². The summed E-state index contributed by atoms with van der Waals surface area (Å²) in [6.07, 6.45) is -0.523. The quantitative estimate of drug-likeness (QED) is 0.854. The van der Waals surface area contributed by atoms with Gasteiger partial charge in [0.1, 0.15) is 5.75 Å². The molecular formula is C14H15F2N3O3. The zero-order valence-electron chi connectivity index (χ0n) is 11.9. The Hall–Kier alpha value is -2.22. The smallest absolute Gasteiger partial charge is 0.264 e. The SMILES string of the molecule is CN1C(=O)COc2ccc(NC(=O)C3CC(F)(F)CN3)cc21. The Bertz CT molecular complexity index is 636. The molecule has 2 aliphatic heterocycles. The van der Waals surface area contributed by atoms with Gasteiger partial charge in [-0.2, -0.15) is 0 Å².